The van der Waals surface area contributed by atoms with E-state index in [0.29, 0.717) is 29.5 Å². The van der Waals surface area contributed by atoms with Gasteiger partial charge in [0.1, 0.15) is 10.0 Å². The Balaban J connectivity index is 0.000000275. The van der Waals surface area contributed by atoms with Gasteiger partial charge in [-0.1, -0.05) is 92.4 Å². The minimum atomic E-state index is -0.972. The van der Waals surface area contributed by atoms with Gasteiger partial charge in [-0.3, -0.25) is 14.4 Å². The Hall–Kier alpha value is -5.00. The number of amides is 1. The van der Waals surface area contributed by atoms with E-state index in [1.807, 2.05) is 83.9 Å². The van der Waals surface area contributed by atoms with E-state index in [2.05, 4.69) is 15.3 Å². The van der Waals surface area contributed by atoms with Gasteiger partial charge in [-0.25, -0.2) is 14.8 Å². The molecule has 2 aromatic heterocycles. The van der Waals surface area contributed by atoms with Crippen LogP contribution in [-0.4, -0.2) is 84.8 Å². The van der Waals surface area contributed by atoms with Crippen LogP contribution in [0.5, 0.6) is 0 Å². The SMILES string of the molecule is C.CSCC[C@H](N)C(=O)Cc1nc(-c2ccccc2)cs1.CSCC[C@H](NC(=O)c1cccc(CO)c1)C(=O)Cc1nc(-c2ccccc2)cs1.O=C(O)c1cccc(CO)c1. The van der Waals surface area contributed by atoms with E-state index < -0.39 is 12.0 Å². The number of thiazole rings is 2. The van der Waals surface area contributed by atoms with Gasteiger partial charge < -0.3 is 26.4 Å². The molecule has 0 fully saturated rings. The summed E-state index contributed by atoms with van der Waals surface area (Å²) in [6.07, 6.45) is 5.81. The van der Waals surface area contributed by atoms with Crippen molar-refractivity contribution >= 4 is 69.6 Å². The quantitative estimate of drug-likeness (QED) is 0.0521. The molecule has 2 atom stereocenters. The van der Waals surface area contributed by atoms with Crippen molar-refractivity contribution in [2.75, 3.05) is 24.0 Å². The van der Waals surface area contributed by atoms with E-state index in [9.17, 15) is 24.3 Å². The lowest BCUT2D eigenvalue weighted by molar-refractivity contribution is -0.120. The molecule has 0 aliphatic carbocycles. The van der Waals surface area contributed by atoms with Crippen LogP contribution in [0, 0.1) is 0 Å². The number of carbonyl (C=O) groups excluding carboxylic acids is 3. The van der Waals surface area contributed by atoms with E-state index in [4.69, 9.17) is 15.9 Å². The highest BCUT2D eigenvalue weighted by Gasteiger charge is 2.23. The van der Waals surface area contributed by atoms with Crippen molar-refractivity contribution in [2.24, 2.45) is 5.73 Å². The molecule has 15 heteroatoms. The normalized spacial score (nSPS) is 11.4. The number of rotatable bonds is 19. The first-order valence-electron chi connectivity index (χ1n) is 19.3. The van der Waals surface area contributed by atoms with Crippen molar-refractivity contribution < 1.29 is 34.5 Å². The van der Waals surface area contributed by atoms with E-state index in [1.165, 1.54) is 34.8 Å². The summed E-state index contributed by atoms with van der Waals surface area (Å²) in [5.41, 5.74) is 11.7. The predicted octanol–water partition coefficient (Wildman–Crippen LogP) is 8.48. The van der Waals surface area contributed by atoms with Crippen molar-refractivity contribution in [3.8, 4) is 22.5 Å². The Kier molecular flexibility index (Phi) is 23.1. The maximum atomic E-state index is 13.0. The highest BCUT2D eigenvalue weighted by molar-refractivity contribution is 7.98. The number of carbonyl (C=O) groups is 4. The molecular weight excluding hydrogens is 861 g/mol. The molecule has 0 saturated heterocycles. The van der Waals surface area contributed by atoms with E-state index in [0.717, 1.165) is 50.5 Å². The molecule has 0 unspecified atom stereocenters. The Bertz CT molecular complexity index is 2290. The monoisotopic (exact) mass is 914 g/mol. The number of ketones is 2. The van der Waals surface area contributed by atoms with Gasteiger partial charge in [-0.15, -0.1) is 22.7 Å². The Morgan fingerprint density at radius 3 is 1.61 bits per heavy atom. The lowest BCUT2D eigenvalue weighted by Crippen LogP contribution is -2.42. The van der Waals surface area contributed by atoms with E-state index in [-0.39, 0.29) is 56.1 Å². The van der Waals surface area contributed by atoms with Crippen LogP contribution >= 0.6 is 46.2 Å². The molecule has 6 rings (SSSR count). The summed E-state index contributed by atoms with van der Waals surface area (Å²) in [6, 6.07) is 31.9. The molecule has 1 amide bonds. The lowest BCUT2D eigenvalue weighted by atomic mass is 10.1. The fraction of sp³-hybridized carbons (Fsp3) is 0.277. The molecule has 4 aromatic carbocycles. The van der Waals surface area contributed by atoms with E-state index >= 15 is 0 Å². The number of benzene rings is 4. The number of nitrogens with one attached hydrogen (secondary N) is 1. The largest absolute Gasteiger partial charge is 0.478 e. The Morgan fingerprint density at radius 2 is 1.13 bits per heavy atom. The lowest BCUT2D eigenvalue weighted by Gasteiger charge is -2.17. The molecule has 0 radical (unpaired) electrons. The Labute approximate surface area is 380 Å². The second-order valence-electron chi connectivity index (χ2n) is 13.5. The van der Waals surface area contributed by atoms with Crippen LogP contribution < -0.4 is 11.1 Å². The molecule has 6 N–H and O–H groups in total. The topological polar surface area (TPSA) is 193 Å². The molecule has 0 aliphatic rings. The number of hydrogen-bond donors (Lipinski definition) is 5. The smallest absolute Gasteiger partial charge is 0.335 e. The molecule has 0 bridgehead atoms. The van der Waals surface area contributed by atoms with Crippen molar-refractivity contribution in [1.82, 2.24) is 15.3 Å². The summed E-state index contributed by atoms with van der Waals surface area (Å²) in [4.78, 5) is 57.1. The third kappa shape index (κ3) is 17.0. The van der Waals surface area contributed by atoms with Crippen molar-refractivity contribution in [1.29, 1.82) is 0 Å². The molecule has 2 heterocycles. The average Bonchev–Trinajstić information content (AvgIpc) is 3.98. The molecule has 6 aromatic rings. The number of Topliss-reactive ketones (excluding diaryl/α,β-unsaturated/α-hetero) is 2. The third-order valence-corrected chi connectivity index (χ3v) is 12.0. The zero-order valence-electron chi connectivity index (χ0n) is 33.9. The van der Waals surface area contributed by atoms with Gasteiger partial charge in [0.25, 0.3) is 5.91 Å². The number of carboxylic acid groups (broad SMARTS) is 1. The minimum Gasteiger partial charge on any atom is -0.478 e. The Morgan fingerprint density at radius 1 is 0.661 bits per heavy atom. The van der Waals surface area contributed by atoms with Gasteiger partial charge >= 0.3 is 5.97 Å². The number of aliphatic hydroxyl groups is 2. The number of nitrogens with two attached hydrogens (primary N) is 1. The number of aliphatic hydroxyl groups excluding tert-OH is 2. The predicted molar refractivity (Wildman–Crippen MR) is 256 cm³/mol. The van der Waals surface area contributed by atoms with E-state index in [1.54, 1.807) is 59.9 Å². The van der Waals surface area contributed by atoms with Gasteiger partial charge in [-0.2, -0.15) is 23.5 Å². The summed E-state index contributed by atoms with van der Waals surface area (Å²) in [7, 11) is 0. The number of thioether (sulfide) groups is 2. The summed E-state index contributed by atoms with van der Waals surface area (Å²) in [6.45, 7) is -0.259. The highest BCUT2D eigenvalue weighted by atomic mass is 32.2. The van der Waals surface area contributed by atoms with Gasteiger partial charge in [0.15, 0.2) is 11.6 Å². The average molecular weight is 915 g/mol. The van der Waals surface area contributed by atoms with Crippen LogP contribution in [-0.2, 0) is 35.6 Å². The second kappa shape index (κ2) is 27.8. The first kappa shape index (κ1) is 51.4. The van der Waals surface area contributed by atoms with Gasteiger partial charge in [0, 0.05) is 27.5 Å². The van der Waals surface area contributed by atoms with Crippen LogP contribution in [0.3, 0.4) is 0 Å². The maximum Gasteiger partial charge on any atom is 0.335 e. The number of carboxylic acids is 1. The van der Waals surface area contributed by atoms with Crippen LogP contribution in [0.2, 0.25) is 0 Å². The minimum absolute atomic E-state index is 0. The maximum absolute atomic E-state index is 13.0. The third-order valence-electron chi connectivity index (χ3n) is 8.97. The molecule has 11 nitrogen and oxygen atoms in total. The molecule has 0 aliphatic heterocycles. The fourth-order valence-corrected chi connectivity index (χ4v) is 8.22. The zero-order chi connectivity index (χ0) is 44.0. The second-order valence-corrected chi connectivity index (χ2v) is 17.3. The number of hydrogen-bond acceptors (Lipinski definition) is 13. The standard InChI is InChI=1S/C23H24N2O3S2.C15H18N2OS2.C8H8O3.CH4/c1-29-11-10-19(25-23(28)18-9-5-6-16(12-18)14-26)21(27)13-22-24-20(15-30-22)17-7-3-2-4-8-17;1-19-8-7-12(16)14(18)9-15-17-13(10-20-15)11-5-3-2-4-6-11;9-5-6-2-1-3-7(4-6)8(10)11;/h2-9,12,15,19,26H,10-11,13-14H2,1H3,(H,25,28);2-6,10,12H,7-9,16H2,1H3;1-4,9H,5H2,(H,10,11);1H4/t19-;12-;;/m00../s1. The summed E-state index contributed by atoms with van der Waals surface area (Å²) in [5, 5.41) is 34.9. The zero-order valence-corrected chi connectivity index (χ0v) is 37.2. The van der Waals surface area contributed by atoms with Crippen LogP contribution in [0.4, 0.5) is 0 Å². The van der Waals surface area contributed by atoms with Crippen LogP contribution in [0.1, 0.15) is 62.1 Å². The summed E-state index contributed by atoms with van der Waals surface area (Å²) >= 11 is 6.32. The molecule has 0 saturated carbocycles. The molecule has 0 spiro atoms. The van der Waals surface area contributed by atoms with Crippen molar-refractivity contribution in [3.05, 3.63) is 152 Å². The van der Waals surface area contributed by atoms with Gasteiger partial charge in [-0.05, 0) is 72.3 Å². The van der Waals surface area contributed by atoms with Gasteiger partial charge in [0.2, 0.25) is 0 Å². The molecular formula is C47H54N4O7S4. The summed E-state index contributed by atoms with van der Waals surface area (Å²) in [5.74, 6) is 0.424. The fourth-order valence-electron chi connectivity index (χ4n) is 5.63. The van der Waals surface area contributed by atoms with Crippen LogP contribution in [0.25, 0.3) is 22.5 Å². The van der Waals surface area contributed by atoms with Gasteiger partial charge in [0.05, 0.1) is 55.1 Å². The number of aromatic carboxylic acids is 1. The summed E-state index contributed by atoms with van der Waals surface area (Å²) < 4.78 is 0. The first-order chi connectivity index (χ1) is 29.5. The van der Waals surface area contributed by atoms with Crippen molar-refractivity contribution in [3.63, 3.8) is 0 Å². The number of aromatic nitrogens is 2. The highest BCUT2D eigenvalue weighted by Crippen LogP contribution is 2.24. The molecule has 62 heavy (non-hydrogen) atoms. The first-order valence-corrected chi connectivity index (χ1v) is 23.8. The number of nitrogens with zero attached hydrogens (tertiary/aromatic N) is 2. The van der Waals surface area contributed by atoms with Crippen LogP contribution in [0.15, 0.2) is 120 Å². The molecule has 328 valence electrons. The van der Waals surface area contributed by atoms with Crippen molar-refractivity contribution in [2.45, 2.75) is 58.4 Å².